The quantitative estimate of drug-likeness (QED) is 0.608. The molecule has 0 N–H and O–H groups in total. The predicted octanol–water partition coefficient (Wildman–Crippen LogP) is 5.03. The van der Waals surface area contributed by atoms with Crippen LogP contribution in [0.3, 0.4) is 0 Å². The summed E-state index contributed by atoms with van der Waals surface area (Å²) in [4.78, 5) is 4.68. The minimum absolute atomic E-state index is 0.864. The van der Waals surface area contributed by atoms with Crippen LogP contribution in [0.15, 0.2) is 77.4 Å². The predicted molar refractivity (Wildman–Crippen MR) is 90.4 cm³/mol. The SMILES string of the molecule is Brc1ccc(Cc2ccccc2)c(Cc2ccccc2)n1. The molecule has 1 aromatic heterocycles. The van der Waals surface area contributed by atoms with E-state index < -0.39 is 0 Å². The summed E-state index contributed by atoms with van der Waals surface area (Å²) in [6, 6.07) is 25.2. The van der Waals surface area contributed by atoms with Crippen molar-refractivity contribution in [2.45, 2.75) is 12.8 Å². The largest absolute Gasteiger partial charge is 0.245 e. The molecular formula is C19H16BrN. The Morgan fingerprint density at radius 1 is 0.667 bits per heavy atom. The number of aromatic nitrogens is 1. The van der Waals surface area contributed by atoms with Crippen LogP contribution in [0.2, 0.25) is 0 Å². The molecule has 0 radical (unpaired) electrons. The molecule has 0 aliphatic carbocycles. The summed E-state index contributed by atoms with van der Waals surface area (Å²) in [5, 5.41) is 0. The van der Waals surface area contributed by atoms with Crippen molar-refractivity contribution in [3.63, 3.8) is 0 Å². The summed E-state index contributed by atoms with van der Waals surface area (Å²) in [5.41, 5.74) is 5.03. The van der Waals surface area contributed by atoms with Gasteiger partial charge >= 0.3 is 0 Å². The highest BCUT2D eigenvalue weighted by molar-refractivity contribution is 9.10. The Balaban J connectivity index is 1.90. The lowest BCUT2D eigenvalue weighted by molar-refractivity contribution is 0.993. The van der Waals surface area contributed by atoms with Crippen molar-refractivity contribution < 1.29 is 0 Å². The summed E-state index contributed by atoms with van der Waals surface area (Å²) in [6.07, 6.45) is 1.78. The van der Waals surface area contributed by atoms with E-state index in [1.165, 1.54) is 16.7 Å². The van der Waals surface area contributed by atoms with Crippen LogP contribution in [0.1, 0.15) is 22.4 Å². The molecule has 0 saturated heterocycles. The van der Waals surface area contributed by atoms with Gasteiger partial charge in [0.15, 0.2) is 0 Å². The van der Waals surface area contributed by atoms with Crippen LogP contribution in [-0.4, -0.2) is 4.98 Å². The smallest absolute Gasteiger partial charge is 0.106 e. The molecule has 1 nitrogen and oxygen atoms in total. The summed E-state index contributed by atoms with van der Waals surface area (Å²) in [6.45, 7) is 0. The Hall–Kier alpha value is -1.93. The lowest BCUT2D eigenvalue weighted by Gasteiger charge is -2.10. The monoisotopic (exact) mass is 337 g/mol. The summed E-state index contributed by atoms with van der Waals surface area (Å²) >= 11 is 3.48. The minimum Gasteiger partial charge on any atom is -0.245 e. The highest BCUT2D eigenvalue weighted by Gasteiger charge is 2.07. The molecule has 2 aromatic carbocycles. The van der Waals surface area contributed by atoms with Crippen molar-refractivity contribution in [1.82, 2.24) is 4.98 Å². The fourth-order valence-corrected chi connectivity index (χ4v) is 2.77. The second-order valence-corrected chi connectivity index (χ2v) is 5.88. The number of benzene rings is 2. The van der Waals surface area contributed by atoms with E-state index in [-0.39, 0.29) is 0 Å². The normalized spacial score (nSPS) is 10.5. The molecule has 2 heteroatoms. The lowest BCUT2D eigenvalue weighted by Crippen LogP contribution is -2.00. The van der Waals surface area contributed by atoms with Crippen molar-refractivity contribution in [3.05, 3.63) is 99.8 Å². The van der Waals surface area contributed by atoms with Crippen molar-refractivity contribution in [2.24, 2.45) is 0 Å². The van der Waals surface area contributed by atoms with E-state index in [0.717, 1.165) is 23.1 Å². The van der Waals surface area contributed by atoms with E-state index in [0.29, 0.717) is 0 Å². The van der Waals surface area contributed by atoms with Crippen molar-refractivity contribution in [2.75, 3.05) is 0 Å². The van der Waals surface area contributed by atoms with Crippen molar-refractivity contribution >= 4 is 15.9 Å². The topological polar surface area (TPSA) is 12.9 Å². The molecule has 0 aliphatic rings. The van der Waals surface area contributed by atoms with Gasteiger partial charge in [0.1, 0.15) is 4.60 Å². The van der Waals surface area contributed by atoms with Crippen LogP contribution in [0.25, 0.3) is 0 Å². The first-order valence-corrected chi connectivity index (χ1v) is 7.83. The zero-order valence-corrected chi connectivity index (χ0v) is 13.3. The van der Waals surface area contributed by atoms with Gasteiger partial charge in [-0.1, -0.05) is 66.7 Å². The summed E-state index contributed by atoms with van der Waals surface area (Å²) < 4.78 is 0.894. The molecule has 0 fully saturated rings. The lowest BCUT2D eigenvalue weighted by atomic mass is 10.00. The maximum Gasteiger partial charge on any atom is 0.106 e. The Kier molecular flexibility index (Phi) is 4.46. The van der Waals surface area contributed by atoms with Crippen LogP contribution < -0.4 is 0 Å². The highest BCUT2D eigenvalue weighted by atomic mass is 79.9. The Bertz CT molecular complexity index is 708. The molecule has 3 aromatic rings. The maximum absolute atomic E-state index is 4.68. The molecule has 21 heavy (non-hydrogen) atoms. The first-order valence-electron chi connectivity index (χ1n) is 7.03. The van der Waals surface area contributed by atoms with Gasteiger partial charge in [0.05, 0.1) is 0 Å². The maximum atomic E-state index is 4.68. The van der Waals surface area contributed by atoms with Gasteiger partial charge in [-0.25, -0.2) is 4.98 Å². The second kappa shape index (κ2) is 6.68. The standard InChI is InChI=1S/C19H16BrN/c20-19-12-11-17(13-15-7-3-1-4-8-15)18(21-19)14-16-9-5-2-6-10-16/h1-12H,13-14H2. The van der Waals surface area contributed by atoms with E-state index >= 15 is 0 Å². The number of pyridine rings is 1. The summed E-state index contributed by atoms with van der Waals surface area (Å²) in [7, 11) is 0. The van der Waals surface area contributed by atoms with E-state index in [4.69, 9.17) is 0 Å². The number of nitrogens with zero attached hydrogens (tertiary/aromatic N) is 1. The molecule has 0 amide bonds. The van der Waals surface area contributed by atoms with Gasteiger partial charge in [0.25, 0.3) is 0 Å². The number of hydrogen-bond acceptors (Lipinski definition) is 1. The average Bonchev–Trinajstić information content (AvgIpc) is 2.52. The molecule has 3 rings (SSSR count). The van der Waals surface area contributed by atoms with Gasteiger partial charge in [-0.2, -0.15) is 0 Å². The van der Waals surface area contributed by atoms with Crippen LogP contribution in [0.5, 0.6) is 0 Å². The first-order chi connectivity index (χ1) is 10.3. The van der Waals surface area contributed by atoms with Crippen LogP contribution in [-0.2, 0) is 12.8 Å². The number of halogens is 1. The third-order valence-electron chi connectivity index (χ3n) is 3.49. The van der Waals surface area contributed by atoms with Gasteiger partial charge in [-0.15, -0.1) is 0 Å². The molecule has 0 unspecified atom stereocenters. The zero-order chi connectivity index (χ0) is 14.5. The summed E-state index contributed by atoms with van der Waals surface area (Å²) in [5.74, 6) is 0. The average molecular weight is 338 g/mol. The third kappa shape index (κ3) is 3.79. The fraction of sp³-hybridized carbons (Fsp3) is 0.105. The van der Waals surface area contributed by atoms with Gasteiger partial charge in [0.2, 0.25) is 0 Å². The fourth-order valence-electron chi connectivity index (χ4n) is 2.42. The Labute approximate surface area is 133 Å². The molecule has 0 aliphatic heterocycles. The molecule has 0 saturated carbocycles. The van der Waals surface area contributed by atoms with Gasteiger partial charge in [0, 0.05) is 12.1 Å². The molecular weight excluding hydrogens is 322 g/mol. The van der Waals surface area contributed by atoms with E-state index in [9.17, 15) is 0 Å². The van der Waals surface area contributed by atoms with Crippen LogP contribution in [0, 0.1) is 0 Å². The minimum atomic E-state index is 0.864. The molecule has 0 spiro atoms. The molecule has 0 atom stereocenters. The number of rotatable bonds is 4. The first kappa shape index (κ1) is 14.0. The number of hydrogen-bond donors (Lipinski definition) is 0. The Morgan fingerprint density at radius 3 is 1.86 bits per heavy atom. The van der Waals surface area contributed by atoms with Crippen molar-refractivity contribution in [3.8, 4) is 0 Å². The Morgan fingerprint density at radius 2 is 1.24 bits per heavy atom. The highest BCUT2D eigenvalue weighted by Crippen LogP contribution is 2.19. The van der Waals surface area contributed by atoms with E-state index in [1.807, 2.05) is 18.2 Å². The third-order valence-corrected chi connectivity index (χ3v) is 3.93. The van der Waals surface area contributed by atoms with Gasteiger partial charge in [-0.05, 0) is 45.1 Å². The van der Waals surface area contributed by atoms with Crippen LogP contribution >= 0.6 is 15.9 Å². The zero-order valence-electron chi connectivity index (χ0n) is 11.7. The van der Waals surface area contributed by atoms with E-state index in [2.05, 4.69) is 75.5 Å². The molecule has 0 bridgehead atoms. The van der Waals surface area contributed by atoms with Gasteiger partial charge < -0.3 is 0 Å². The molecule has 104 valence electrons. The van der Waals surface area contributed by atoms with E-state index in [1.54, 1.807) is 0 Å². The second-order valence-electron chi connectivity index (χ2n) is 5.06. The van der Waals surface area contributed by atoms with Crippen molar-refractivity contribution in [1.29, 1.82) is 0 Å². The van der Waals surface area contributed by atoms with Crippen LogP contribution in [0.4, 0.5) is 0 Å². The van der Waals surface area contributed by atoms with Gasteiger partial charge in [-0.3, -0.25) is 0 Å². The molecule has 1 heterocycles.